The number of thiophene rings is 3. The molecule has 0 unspecified atom stereocenters. The Morgan fingerprint density at radius 2 is 1.16 bits per heavy atom. The lowest BCUT2D eigenvalue weighted by Gasteiger charge is -2.18. The summed E-state index contributed by atoms with van der Waals surface area (Å²) in [6.07, 6.45) is 5.59. The van der Waals surface area contributed by atoms with E-state index in [9.17, 15) is 48.6 Å². The van der Waals surface area contributed by atoms with Crippen molar-refractivity contribution in [3.05, 3.63) is 163 Å². The highest BCUT2D eigenvalue weighted by Crippen LogP contribution is 2.32. The number of Topliss-reactive ketones (excluding diaryl/α,β-unsaturated/α-hetero) is 2. The van der Waals surface area contributed by atoms with Crippen molar-refractivity contribution < 1.29 is 39.0 Å². The molecule has 0 aliphatic heterocycles. The van der Waals surface area contributed by atoms with Gasteiger partial charge in [0, 0.05) is 90.7 Å². The maximum Gasteiger partial charge on any atom is 0.341 e. The molecule has 8 aromatic heterocycles. The van der Waals surface area contributed by atoms with Crippen molar-refractivity contribution in [3.8, 4) is 22.5 Å². The molecule has 0 fully saturated rings. The van der Waals surface area contributed by atoms with Gasteiger partial charge in [-0.15, -0.1) is 22.7 Å². The third-order valence-electron chi connectivity index (χ3n) is 11.3. The fraction of sp³-hybridized carbons (Fsp3) is 0.250. The largest absolute Gasteiger partial charge is 0.478 e. The Hall–Kier alpha value is -7.63. The standard InChI is InChI=1S/C26H24ClN5O5S.C26H25ClN4O5S2/c1-26(2,3)25(37)32-22(29-12-17-4-5-21(27)38-17)11-19(30-32)16-10-18(24(35)36)23(34)31(13-16)14-20(33)15-6-8-28-9-7-15;1-14-22(24(34)35)17(11-30(23(14)33)12-19(32)15-7-8-37-13-15)18-9-21(28-10-16-5-6-20(27)38-16)31(29-18)25(36)26(2,3)4/h4-11,13,29H,12,14H2,1-3H3,(H,35,36);5-9,11,13,28H,10,12H2,1-4H3,(H,34,35). The van der Waals surface area contributed by atoms with Gasteiger partial charge in [-0.2, -0.15) is 30.9 Å². The van der Waals surface area contributed by atoms with Gasteiger partial charge in [-0.25, -0.2) is 9.59 Å². The van der Waals surface area contributed by atoms with Crippen LogP contribution in [-0.4, -0.2) is 79.2 Å². The van der Waals surface area contributed by atoms with Gasteiger partial charge in [-0.3, -0.25) is 33.8 Å². The molecule has 24 heteroatoms. The smallest absolute Gasteiger partial charge is 0.341 e. The number of hydrogen-bond acceptors (Lipinski definition) is 16. The number of carboxylic acid groups (broad SMARTS) is 2. The second kappa shape index (κ2) is 23.1. The van der Waals surface area contributed by atoms with E-state index < -0.39 is 45.2 Å². The minimum Gasteiger partial charge on any atom is -0.478 e. The van der Waals surface area contributed by atoms with E-state index in [0.717, 1.165) is 14.3 Å². The number of halogens is 2. The Morgan fingerprint density at radius 3 is 1.63 bits per heavy atom. The number of hydrogen-bond donors (Lipinski definition) is 4. The van der Waals surface area contributed by atoms with E-state index in [-0.39, 0.29) is 64.3 Å². The first kappa shape index (κ1) is 56.1. The van der Waals surface area contributed by atoms with Crippen molar-refractivity contribution in [2.45, 2.75) is 74.6 Å². The van der Waals surface area contributed by atoms with Gasteiger partial charge in [0.25, 0.3) is 22.9 Å². The lowest BCUT2D eigenvalue weighted by atomic mass is 9.96. The minimum absolute atomic E-state index is 0.0347. The van der Waals surface area contributed by atoms with Gasteiger partial charge >= 0.3 is 11.9 Å². The first-order valence-corrected chi connectivity index (χ1v) is 26.3. The highest BCUT2D eigenvalue weighted by Gasteiger charge is 2.31. The number of nitrogens with zero attached hydrogens (tertiary/aromatic N) is 7. The normalized spacial score (nSPS) is 11.4. The number of pyridine rings is 3. The van der Waals surface area contributed by atoms with E-state index in [1.165, 1.54) is 97.9 Å². The second-order valence-electron chi connectivity index (χ2n) is 19.1. The molecule has 0 saturated carbocycles. The highest BCUT2D eigenvalue weighted by molar-refractivity contribution is 7.16. The Labute approximate surface area is 456 Å². The number of carbonyl (C=O) groups excluding carboxylic acids is 4. The fourth-order valence-electron chi connectivity index (χ4n) is 7.37. The monoisotopic (exact) mass is 1130 g/mol. The number of carbonyl (C=O) groups is 6. The van der Waals surface area contributed by atoms with Crippen LogP contribution >= 0.6 is 57.2 Å². The van der Waals surface area contributed by atoms with Gasteiger partial charge in [0.05, 0.1) is 51.8 Å². The quantitative estimate of drug-likeness (QED) is 0.0656. The SMILES string of the molecule is CC(C)(C)C(=O)n1nc(-c2cc(C(=O)O)c(=O)n(CC(=O)c3ccncc3)c2)cc1NCc1ccc(Cl)s1.Cc1c(C(=O)O)c(-c2cc(NCc3ccc(Cl)s3)n(C(=O)C(C)(C)C)n2)cn(CC(=O)c2ccsc2)c1=O. The molecular formula is C52H49Cl2N9O10S3. The van der Waals surface area contributed by atoms with Crippen LogP contribution in [0.15, 0.2) is 106 Å². The lowest BCUT2D eigenvalue weighted by molar-refractivity contribution is 0.0684. The number of ketones is 2. The Bertz CT molecular complexity index is 3650. The minimum atomic E-state index is -1.44. The summed E-state index contributed by atoms with van der Waals surface area (Å²) in [5.74, 6) is -3.32. The molecule has 8 heterocycles. The molecule has 0 spiro atoms. The van der Waals surface area contributed by atoms with Crippen LogP contribution in [0.5, 0.6) is 0 Å². The summed E-state index contributed by atoms with van der Waals surface area (Å²) in [7, 11) is 0. The molecule has 0 aromatic carbocycles. The van der Waals surface area contributed by atoms with Crippen LogP contribution in [0.4, 0.5) is 11.6 Å². The molecule has 0 aliphatic rings. The van der Waals surface area contributed by atoms with Crippen LogP contribution in [-0.2, 0) is 26.2 Å². The van der Waals surface area contributed by atoms with Gasteiger partial charge in [0.1, 0.15) is 17.2 Å². The molecule has 0 radical (unpaired) electrons. The summed E-state index contributed by atoms with van der Waals surface area (Å²) < 4.78 is 5.91. The third-order valence-corrected chi connectivity index (χ3v) is 14.5. The number of carboxylic acids is 2. The van der Waals surface area contributed by atoms with Crippen molar-refractivity contribution >= 4 is 104 Å². The lowest BCUT2D eigenvalue weighted by Crippen LogP contribution is -2.29. The Morgan fingerprint density at radius 1 is 0.645 bits per heavy atom. The van der Waals surface area contributed by atoms with E-state index in [1.807, 2.05) is 12.1 Å². The van der Waals surface area contributed by atoms with Crippen LogP contribution in [0.2, 0.25) is 8.67 Å². The highest BCUT2D eigenvalue weighted by atomic mass is 35.5. The van der Waals surface area contributed by atoms with Crippen molar-refractivity contribution in [1.82, 2.24) is 33.7 Å². The summed E-state index contributed by atoms with van der Waals surface area (Å²) >= 11 is 16.2. The van der Waals surface area contributed by atoms with Gasteiger partial charge in [-0.1, -0.05) is 64.7 Å². The number of aromatic carboxylic acids is 2. The molecule has 8 rings (SSSR count). The fourth-order valence-corrected chi connectivity index (χ4v) is 10.1. The zero-order chi connectivity index (χ0) is 55.4. The number of rotatable bonds is 16. The third kappa shape index (κ3) is 13.1. The van der Waals surface area contributed by atoms with Gasteiger partial charge < -0.3 is 30.0 Å². The van der Waals surface area contributed by atoms with Crippen molar-refractivity contribution in [1.29, 1.82) is 0 Å². The summed E-state index contributed by atoms with van der Waals surface area (Å²) in [6, 6.07) is 16.3. The molecule has 0 amide bonds. The zero-order valence-corrected chi connectivity index (χ0v) is 45.8. The van der Waals surface area contributed by atoms with Crippen molar-refractivity contribution in [2.75, 3.05) is 10.6 Å². The predicted octanol–water partition coefficient (Wildman–Crippen LogP) is 10.4. The number of nitrogens with one attached hydrogen (secondary N) is 2. The summed E-state index contributed by atoms with van der Waals surface area (Å²) in [5.41, 5.74) is -2.18. The van der Waals surface area contributed by atoms with E-state index in [2.05, 4.69) is 25.8 Å². The van der Waals surface area contributed by atoms with Crippen LogP contribution in [0.25, 0.3) is 22.5 Å². The van der Waals surface area contributed by atoms with Crippen LogP contribution < -0.4 is 21.8 Å². The average Bonchev–Trinajstić information content (AvgIpc) is 4.25. The molecule has 0 bridgehead atoms. The first-order chi connectivity index (χ1) is 35.8. The maximum atomic E-state index is 13.3. The molecule has 0 atom stereocenters. The Kier molecular flexibility index (Phi) is 17.0. The zero-order valence-electron chi connectivity index (χ0n) is 41.8. The summed E-state index contributed by atoms with van der Waals surface area (Å²) in [4.78, 5) is 108. The topological polar surface area (TPSA) is 259 Å². The van der Waals surface area contributed by atoms with Gasteiger partial charge in [-0.05, 0) is 60.8 Å². The molecule has 0 saturated heterocycles. The molecular weight excluding hydrogens is 1080 g/mol. The Balaban J connectivity index is 0.000000221. The van der Waals surface area contributed by atoms with Crippen LogP contribution in [0, 0.1) is 17.8 Å². The molecule has 394 valence electrons. The van der Waals surface area contributed by atoms with Gasteiger partial charge in [0.15, 0.2) is 11.6 Å². The van der Waals surface area contributed by atoms with Crippen LogP contribution in [0.3, 0.4) is 0 Å². The van der Waals surface area contributed by atoms with Crippen LogP contribution in [0.1, 0.15) is 108 Å². The predicted molar refractivity (Wildman–Crippen MR) is 293 cm³/mol. The molecule has 8 aromatic rings. The summed E-state index contributed by atoms with van der Waals surface area (Å²) in [6.45, 7) is 12.0. The average molecular weight is 1130 g/mol. The van der Waals surface area contributed by atoms with Gasteiger partial charge in [0.2, 0.25) is 0 Å². The van der Waals surface area contributed by atoms with Crippen molar-refractivity contribution in [3.63, 3.8) is 0 Å². The van der Waals surface area contributed by atoms with E-state index in [0.29, 0.717) is 44.5 Å². The first-order valence-electron chi connectivity index (χ1n) is 23.0. The number of aromatic nitrogens is 7. The molecule has 76 heavy (non-hydrogen) atoms. The molecule has 4 N–H and O–H groups in total. The molecule has 19 nitrogen and oxygen atoms in total. The second-order valence-corrected chi connectivity index (χ2v) is 23.5. The maximum absolute atomic E-state index is 13.3. The summed E-state index contributed by atoms with van der Waals surface area (Å²) in [5, 5.41) is 38.4. The number of anilines is 2. The molecule has 0 aliphatic carbocycles. The van der Waals surface area contributed by atoms with E-state index >= 15 is 0 Å². The van der Waals surface area contributed by atoms with E-state index in [1.54, 1.807) is 82.6 Å². The van der Waals surface area contributed by atoms with Crippen molar-refractivity contribution in [2.24, 2.45) is 10.8 Å². The van der Waals surface area contributed by atoms with E-state index in [4.69, 9.17) is 23.2 Å².